The average molecular weight is 206 g/mol. The van der Waals surface area contributed by atoms with E-state index in [0.717, 1.165) is 5.39 Å². The Bertz CT molecular complexity index is 480. The van der Waals surface area contributed by atoms with Gasteiger partial charge in [-0.25, -0.2) is 9.78 Å². The Hall–Kier alpha value is -2.11. The fourth-order valence-electron chi connectivity index (χ4n) is 1.21. The lowest BCUT2D eigenvalue weighted by molar-refractivity contribution is 0.168. The van der Waals surface area contributed by atoms with Crippen molar-refractivity contribution in [2.75, 3.05) is 11.9 Å². The minimum atomic E-state index is -0.507. The molecule has 2 N–H and O–H groups in total. The van der Waals surface area contributed by atoms with Gasteiger partial charge in [0.1, 0.15) is 5.82 Å². The molecule has 0 aliphatic carbocycles. The molecule has 2 aromatic heterocycles. The second kappa shape index (κ2) is 3.95. The summed E-state index contributed by atoms with van der Waals surface area (Å²) in [5.41, 5.74) is 0.560. The molecule has 1 amide bonds. The first-order valence-corrected chi connectivity index (χ1v) is 4.54. The molecule has 0 saturated heterocycles. The van der Waals surface area contributed by atoms with Gasteiger partial charge in [-0.15, -0.1) is 0 Å². The minimum absolute atomic E-state index is 0.330. The van der Waals surface area contributed by atoms with Crippen LogP contribution in [0.25, 0.3) is 11.0 Å². The number of amides is 1. The molecule has 0 aliphatic heterocycles. The van der Waals surface area contributed by atoms with E-state index in [0.29, 0.717) is 18.1 Å². The van der Waals surface area contributed by atoms with Crippen LogP contribution in [0.3, 0.4) is 0 Å². The zero-order chi connectivity index (χ0) is 10.7. The highest BCUT2D eigenvalue weighted by molar-refractivity contribution is 5.95. The van der Waals surface area contributed by atoms with Crippen LogP contribution >= 0.6 is 0 Å². The van der Waals surface area contributed by atoms with E-state index in [1.54, 1.807) is 19.2 Å². The minimum Gasteiger partial charge on any atom is -0.450 e. The summed E-state index contributed by atoms with van der Waals surface area (Å²) in [6.45, 7) is 2.07. The number of hydrogen-bond acceptors (Lipinski definition) is 4. The lowest BCUT2D eigenvalue weighted by atomic mass is 10.3. The summed E-state index contributed by atoms with van der Waals surface area (Å²) in [6, 6.07) is 3.58. The van der Waals surface area contributed by atoms with Gasteiger partial charge in [-0.2, -0.15) is 5.10 Å². The number of pyridine rings is 1. The molecule has 6 nitrogen and oxygen atoms in total. The van der Waals surface area contributed by atoms with Crippen molar-refractivity contribution >= 4 is 22.9 Å². The molecule has 0 aromatic carbocycles. The average Bonchev–Trinajstić information content (AvgIpc) is 2.62. The number of ether oxygens (including phenoxy) is 1. The number of carbonyl (C=O) groups excluding carboxylic acids is 1. The van der Waals surface area contributed by atoms with E-state index in [-0.39, 0.29) is 0 Å². The van der Waals surface area contributed by atoms with E-state index in [1.807, 2.05) is 6.07 Å². The number of H-pyrrole nitrogens is 1. The number of hydrogen-bond donors (Lipinski definition) is 2. The van der Waals surface area contributed by atoms with E-state index in [4.69, 9.17) is 4.74 Å². The Labute approximate surface area is 85.6 Å². The Morgan fingerprint density at radius 1 is 1.67 bits per heavy atom. The zero-order valence-corrected chi connectivity index (χ0v) is 8.15. The van der Waals surface area contributed by atoms with Gasteiger partial charge in [-0.05, 0) is 19.1 Å². The van der Waals surface area contributed by atoms with Crippen LogP contribution in [0.2, 0.25) is 0 Å². The SMILES string of the molecule is CCOC(=O)Nc1[nH]nc2ncccc12. The van der Waals surface area contributed by atoms with Crippen LogP contribution in [-0.2, 0) is 4.74 Å². The summed E-state index contributed by atoms with van der Waals surface area (Å²) in [5, 5.41) is 9.91. The predicted molar refractivity (Wildman–Crippen MR) is 54.5 cm³/mol. The number of nitrogens with zero attached hydrogens (tertiary/aromatic N) is 2. The molecule has 0 fully saturated rings. The molecule has 0 bridgehead atoms. The van der Waals surface area contributed by atoms with Crippen LogP contribution in [0, 0.1) is 0 Å². The predicted octanol–water partition coefficient (Wildman–Crippen LogP) is 1.53. The van der Waals surface area contributed by atoms with Gasteiger partial charge in [-0.3, -0.25) is 10.4 Å². The maximum Gasteiger partial charge on any atom is 0.412 e. The Morgan fingerprint density at radius 3 is 3.33 bits per heavy atom. The number of nitrogens with one attached hydrogen (secondary N) is 2. The fraction of sp³-hybridized carbons (Fsp3) is 0.222. The van der Waals surface area contributed by atoms with Crippen LogP contribution in [0.4, 0.5) is 10.6 Å². The first kappa shape index (κ1) is 9.45. The number of carbonyl (C=O) groups is 1. The summed E-state index contributed by atoms with van der Waals surface area (Å²) in [4.78, 5) is 15.2. The van der Waals surface area contributed by atoms with Gasteiger partial charge < -0.3 is 4.74 Å². The van der Waals surface area contributed by atoms with Crippen molar-refractivity contribution in [1.82, 2.24) is 15.2 Å². The second-order valence-corrected chi connectivity index (χ2v) is 2.82. The van der Waals surface area contributed by atoms with Gasteiger partial charge >= 0.3 is 6.09 Å². The lowest BCUT2D eigenvalue weighted by Crippen LogP contribution is -2.13. The highest BCUT2D eigenvalue weighted by Gasteiger charge is 2.08. The summed E-state index contributed by atoms with van der Waals surface area (Å²) in [5.74, 6) is 0.497. The van der Waals surface area contributed by atoms with E-state index in [1.165, 1.54) is 0 Å². The van der Waals surface area contributed by atoms with E-state index in [9.17, 15) is 4.79 Å². The third-order valence-electron chi connectivity index (χ3n) is 1.83. The van der Waals surface area contributed by atoms with Crippen molar-refractivity contribution < 1.29 is 9.53 Å². The lowest BCUT2D eigenvalue weighted by Gasteiger charge is -2.02. The molecule has 0 unspecified atom stereocenters. The van der Waals surface area contributed by atoms with Gasteiger partial charge in [0.15, 0.2) is 5.65 Å². The van der Waals surface area contributed by atoms with Crippen molar-refractivity contribution in [3.05, 3.63) is 18.3 Å². The van der Waals surface area contributed by atoms with Crippen LogP contribution < -0.4 is 5.32 Å². The van der Waals surface area contributed by atoms with Crippen molar-refractivity contribution in [1.29, 1.82) is 0 Å². The Balaban J connectivity index is 2.25. The topological polar surface area (TPSA) is 79.9 Å². The van der Waals surface area contributed by atoms with Crippen LogP contribution in [-0.4, -0.2) is 27.9 Å². The molecule has 6 heteroatoms. The van der Waals surface area contributed by atoms with Gasteiger partial charge in [-0.1, -0.05) is 0 Å². The van der Waals surface area contributed by atoms with E-state index < -0.39 is 6.09 Å². The molecule has 15 heavy (non-hydrogen) atoms. The molecular formula is C9H10N4O2. The monoisotopic (exact) mass is 206 g/mol. The van der Waals surface area contributed by atoms with E-state index >= 15 is 0 Å². The van der Waals surface area contributed by atoms with Gasteiger partial charge in [0, 0.05) is 6.20 Å². The van der Waals surface area contributed by atoms with Crippen LogP contribution in [0.15, 0.2) is 18.3 Å². The van der Waals surface area contributed by atoms with Gasteiger partial charge in [0.2, 0.25) is 0 Å². The number of rotatable bonds is 2. The molecule has 0 radical (unpaired) electrons. The third-order valence-corrected chi connectivity index (χ3v) is 1.83. The van der Waals surface area contributed by atoms with Crippen molar-refractivity contribution in [2.45, 2.75) is 6.92 Å². The molecule has 0 saturated carbocycles. The number of anilines is 1. The molecule has 0 aliphatic rings. The van der Waals surface area contributed by atoms with Gasteiger partial charge in [0.25, 0.3) is 0 Å². The number of aromatic nitrogens is 3. The third kappa shape index (κ3) is 1.88. The maximum atomic E-state index is 11.2. The molecule has 2 rings (SSSR count). The van der Waals surface area contributed by atoms with Crippen molar-refractivity contribution in [2.24, 2.45) is 0 Å². The smallest absolute Gasteiger partial charge is 0.412 e. The number of aromatic amines is 1. The Kier molecular flexibility index (Phi) is 2.49. The van der Waals surface area contributed by atoms with Crippen LogP contribution in [0.1, 0.15) is 6.92 Å². The van der Waals surface area contributed by atoms with Crippen molar-refractivity contribution in [3.63, 3.8) is 0 Å². The quantitative estimate of drug-likeness (QED) is 0.780. The van der Waals surface area contributed by atoms with Crippen LogP contribution in [0.5, 0.6) is 0 Å². The normalized spacial score (nSPS) is 10.2. The molecular weight excluding hydrogens is 196 g/mol. The first-order chi connectivity index (χ1) is 7.31. The summed E-state index contributed by atoms with van der Waals surface area (Å²) >= 11 is 0. The standard InChI is InChI=1S/C9H10N4O2/c1-2-15-9(14)11-8-6-4-3-5-10-7(6)12-13-8/h3-5H,2H2,1H3,(H2,10,11,12,13,14). The summed E-state index contributed by atoms with van der Waals surface area (Å²) in [6.07, 6.45) is 1.13. The molecule has 0 atom stereocenters. The highest BCUT2D eigenvalue weighted by Crippen LogP contribution is 2.17. The molecule has 0 spiro atoms. The summed E-state index contributed by atoms with van der Waals surface area (Å²) in [7, 11) is 0. The second-order valence-electron chi connectivity index (χ2n) is 2.82. The molecule has 2 heterocycles. The Morgan fingerprint density at radius 2 is 2.53 bits per heavy atom. The molecule has 2 aromatic rings. The molecule has 78 valence electrons. The maximum absolute atomic E-state index is 11.2. The first-order valence-electron chi connectivity index (χ1n) is 4.54. The summed E-state index contributed by atoms with van der Waals surface area (Å²) < 4.78 is 4.75. The largest absolute Gasteiger partial charge is 0.450 e. The fourth-order valence-corrected chi connectivity index (χ4v) is 1.21. The van der Waals surface area contributed by atoms with E-state index in [2.05, 4.69) is 20.5 Å². The van der Waals surface area contributed by atoms with Gasteiger partial charge in [0.05, 0.1) is 12.0 Å². The zero-order valence-electron chi connectivity index (χ0n) is 8.15. The number of fused-ring (bicyclic) bond motifs is 1. The highest BCUT2D eigenvalue weighted by atomic mass is 16.5. The van der Waals surface area contributed by atoms with Crippen molar-refractivity contribution in [3.8, 4) is 0 Å².